The molecule has 0 bridgehead atoms. The van der Waals surface area contributed by atoms with Crippen molar-refractivity contribution in [2.45, 2.75) is 18.4 Å². The summed E-state index contributed by atoms with van der Waals surface area (Å²) >= 11 is 0. The maximum Gasteiger partial charge on any atom is 0.407 e. The van der Waals surface area contributed by atoms with Gasteiger partial charge in [0.05, 0.1) is 0 Å². The van der Waals surface area contributed by atoms with Crippen molar-refractivity contribution in [1.82, 2.24) is 15.1 Å². The minimum absolute atomic E-state index is 0.0818. The topological polar surface area (TPSA) is 99.2 Å². The molecule has 1 heterocycles. The second kappa shape index (κ2) is 9.92. The number of likely N-dealkylation sites (tertiary alicyclic amines) is 1. The molecule has 1 saturated heterocycles. The molecule has 2 aromatic rings. The summed E-state index contributed by atoms with van der Waals surface area (Å²) in [5.41, 5.74) is 3.48. The van der Waals surface area contributed by atoms with Crippen LogP contribution in [0.1, 0.15) is 23.5 Å². The van der Waals surface area contributed by atoms with Gasteiger partial charge in [-0.2, -0.15) is 0 Å². The number of carbonyl (C=O) groups is 3. The number of likely N-dealkylation sites (N-methyl/N-ethyl adjacent to an activating group) is 1. The lowest BCUT2D eigenvalue weighted by molar-refractivity contribution is -0.166. The van der Waals surface area contributed by atoms with Gasteiger partial charge < -0.3 is 25.0 Å². The lowest BCUT2D eigenvalue weighted by Crippen LogP contribution is -2.66. The van der Waals surface area contributed by atoms with Crippen LogP contribution < -0.4 is 5.32 Å². The van der Waals surface area contributed by atoms with Gasteiger partial charge >= 0.3 is 12.1 Å². The van der Waals surface area contributed by atoms with Gasteiger partial charge in [-0.15, -0.1) is 6.58 Å². The Morgan fingerprint density at radius 1 is 1.14 bits per heavy atom. The van der Waals surface area contributed by atoms with E-state index >= 15 is 0 Å². The zero-order valence-electron chi connectivity index (χ0n) is 20.1. The molecule has 35 heavy (non-hydrogen) atoms. The third-order valence-corrected chi connectivity index (χ3v) is 6.77. The Morgan fingerprint density at radius 2 is 1.71 bits per heavy atom. The Morgan fingerprint density at radius 3 is 2.23 bits per heavy atom. The van der Waals surface area contributed by atoms with Gasteiger partial charge in [0.1, 0.15) is 18.1 Å². The van der Waals surface area contributed by atoms with Gasteiger partial charge in [-0.05, 0) is 42.8 Å². The third-order valence-electron chi connectivity index (χ3n) is 6.77. The molecule has 1 aliphatic heterocycles. The zero-order chi connectivity index (χ0) is 25.2. The number of fused-ring (bicyclic) bond motifs is 3. The molecule has 1 atom stereocenters. The summed E-state index contributed by atoms with van der Waals surface area (Å²) in [5, 5.41) is 12.3. The molecule has 2 aromatic carbocycles. The maximum absolute atomic E-state index is 13.1. The summed E-state index contributed by atoms with van der Waals surface area (Å²) in [4.78, 5) is 40.8. The summed E-state index contributed by atoms with van der Waals surface area (Å²) < 4.78 is 5.60. The molecule has 0 saturated carbocycles. The van der Waals surface area contributed by atoms with Gasteiger partial charge in [0.25, 0.3) is 0 Å². The minimum Gasteiger partial charge on any atom is -0.481 e. The van der Waals surface area contributed by atoms with Gasteiger partial charge in [-0.25, -0.2) is 4.79 Å². The number of nitrogens with zero attached hydrogens (tertiary/aromatic N) is 2. The van der Waals surface area contributed by atoms with Crippen molar-refractivity contribution >= 4 is 18.0 Å². The number of alkyl carbamates (subject to hydrolysis) is 1. The first-order valence-electron chi connectivity index (χ1n) is 11.6. The second-order valence-corrected chi connectivity index (χ2v) is 9.56. The van der Waals surface area contributed by atoms with Crippen molar-refractivity contribution in [2.24, 2.45) is 5.41 Å². The van der Waals surface area contributed by atoms with Crippen molar-refractivity contribution in [3.8, 4) is 11.1 Å². The normalized spacial score (nSPS) is 16.6. The van der Waals surface area contributed by atoms with Crippen molar-refractivity contribution in [3.63, 3.8) is 0 Å². The highest BCUT2D eigenvalue weighted by Gasteiger charge is 2.51. The molecule has 8 nitrogen and oxygen atoms in total. The average Bonchev–Trinajstić information content (AvgIpc) is 3.12. The van der Waals surface area contributed by atoms with Crippen LogP contribution in [0.5, 0.6) is 0 Å². The molecule has 2 N–H and O–H groups in total. The molecule has 1 unspecified atom stereocenters. The van der Waals surface area contributed by atoms with Gasteiger partial charge in [0, 0.05) is 25.6 Å². The van der Waals surface area contributed by atoms with Gasteiger partial charge in [-0.1, -0.05) is 54.6 Å². The van der Waals surface area contributed by atoms with Crippen molar-refractivity contribution in [3.05, 3.63) is 72.3 Å². The van der Waals surface area contributed by atoms with Crippen LogP contribution in [0.4, 0.5) is 4.79 Å². The van der Waals surface area contributed by atoms with E-state index in [1.165, 1.54) is 4.90 Å². The number of amides is 2. The lowest BCUT2D eigenvalue weighted by atomic mass is 9.76. The van der Waals surface area contributed by atoms with Crippen LogP contribution >= 0.6 is 0 Å². The van der Waals surface area contributed by atoms with E-state index in [1.54, 1.807) is 25.1 Å². The fourth-order valence-corrected chi connectivity index (χ4v) is 5.02. The highest BCUT2D eigenvalue weighted by atomic mass is 16.5. The number of carbonyl (C=O) groups excluding carboxylic acids is 2. The zero-order valence-corrected chi connectivity index (χ0v) is 20.1. The average molecular weight is 478 g/mol. The number of carboxylic acids is 1. The molecular weight excluding hydrogens is 446 g/mol. The fraction of sp³-hybridized carbons (Fsp3) is 0.370. The molecule has 1 aliphatic carbocycles. The smallest absolute Gasteiger partial charge is 0.407 e. The van der Waals surface area contributed by atoms with Crippen molar-refractivity contribution in [2.75, 3.05) is 40.3 Å². The van der Waals surface area contributed by atoms with Crippen LogP contribution in [0.3, 0.4) is 0 Å². The number of hydrogen-bond acceptors (Lipinski definition) is 5. The van der Waals surface area contributed by atoms with E-state index in [9.17, 15) is 19.5 Å². The Kier molecular flexibility index (Phi) is 6.93. The van der Waals surface area contributed by atoms with Gasteiger partial charge in [0.15, 0.2) is 0 Å². The Bertz CT molecular complexity index is 1090. The summed E-state index contributed by atoms with van der Waals surface area (Å²) in [6.45, 7) is 4.21. The van der Waals surface area contributed by atoms with E-state index in [0.29, 0.717) is 0 Å². The fourth-order valence-electron chi connectivity index (χ4n) is 5.02. The predicted octanol–water partition coefficient (Wildman–Crippen LogP) is 2.94. The SMILES string of the molecule is C=CCC1(C(=O)O)CN(C(=O)C(CN(C)C)NC(=O)OCC2c3ccccc3-c3ccccc32)C1. The van der Waals surface area contributed by atoms with Crippen molar-refractivity contribution < 1.29 is 24.2 Å². The Labute approximate surface area is 205 Å². The first-order valence-corrected chi connectivity index (χ1v) is 11.6. The van der Waals surface area contributed by atoms with E-state index in [4.69, 9.17) is 4.74 Å². The lowest BCUT2D eigenvalue weighted by Gasteiger charge is -2.47. The Balaban J connectivity index is 1.41. The number of rotatable bonds is 9. The highest BCUT2D eigenvalue weighted by molar-refractivity contribution is 5.89. The molecule has 1 fully saturated rings. The highest BCUT2D eigenvalue weighted by Crippen LogP contribution is 2.44. The molecule has 184 valence electrons. The van der Waals surface area contributed by atoms with Crippen LogP contribution in [0.25, 0.3) is 11.1 Å². The summed E-state index contributed by atoms with van der Waals surface area (Å²) in [6, 6.07) is 15.3. The van der Waals surface area contributed by atoms with Crippen LogP contribution in [0.15, 0.2) is 61.2 Å². The molecule has 8 heteroatoms. The first-order chi connectivity index (χ1) is 16.8. The minimum atomic E-state index is -1.01. The Hall–Kier alpha value is -3.65. The predicted molar refractivity (Wildman–Crippen MR) is 132 cm³/mol. The standard InChI is InChI=1S/C27H31N3O5/c1-4-13-27(25(32)33)16-30(17-27)24(31)23(14-29(2)3)28-26(34)35-15-22-20-11-7-5-9-18(20)19-10-6-8-12-21(19)22/h4-12,22-23H,1,13-17H2,2-3H3,(H,28,34)(H,32,33). The van der Waals surface area contributed by atoms with Gasteiger partial charge in [-0.3, -0.25) is 9.59 Å². The number of ether oxygens (including phenoxy) is 1. The molecular formula is C27H31N3O5. The maximum atomic E-state index is 13.1. The number of nitrogens with one attached hydrogen (secondary N) is 1. The summed E-state index contributed by atoms with van der Waals surface area (Å²) in [5.74, 6) is -1.36. The van der Waals surface area contributed by atoms with Crippen LogP contribution in [0, 0.1) is 5.41 Å². The van der Waals surface area contributed by atoms with Crippen LogP contribution in [-0.4, -0.2) is 79.3 Å². The van der Waals surface area contributed by atoms with E-state index in [-0.39, 0.29) is 44.5 Å². The van der Waals surface area contributed by atoms with E-state index in [0.717, 1.165) is 22.3 Å². The number of carboxylic acid groups (broad SMARTS) is 1. The molecule has 0 spiro atoms. The number of allylic oxidation sites excluding steroid dienone is 1. The van der Waals surface area contributed by atoms with Crippen LogP contribution in [-0.2, 0) is 14.3 Å². The molecule has 2 aliphatic rings. The van der Waals surface area contributed by atoms with Crippen molar-refractivity contribution in [1.29, 1.82) is 0 Å². The van der Waals surface area contributed by atoms with E-state index in [2.05, 4.69) is 24.0 Å². The van der Waals surface area contributed by atoms with E-state index in [1.807, 2.05) is 36.4 Å². The third kappa shape index (κ3) is 4.79. The number of hydrogen-bond donors (Lipinski definition) is 2. The molecule has 0 radical (unpaired) electrons. The van der Waals surface area contributed by atoms with E-state index < -0.39 is 23.5 Å². The first kappa shape index (κ1) is 24.5. The quantitative estimate of drug-likeness (QED) is 0.539. The largest absolute Gasteiger partial charge is 0.481 e. The summed E-state index contributed by atoms with van der Waals surface area (Å²) in [7, 11) is 3.60. The van der Waals surface area contributed by atoms with Crippen LogP contribution in [0.2, 0.25) is 0 Å². The monoisotopic (exact) mass is 477 g/mol. The molecule has 0 aromatic heterocycles. The molecule has 2 amide bonds. The summed E-state index contributed by atoms with van der Waals surface area (Å²) in [6.07, 6.45) is 1.16. The second-order valence-electron chi connectivity index (χ2n) is 9.56. The molecule has 4 rings (SSSR count). The number of aliphatic carboxylic acids is 1. The number of benzene rings is 2. The van der Waals surface area contributed by atoms with Gasteiger partial charge in [0.2, 0.25) is 5.91 Å².